The molecule has 0 amide bonds. The average Bonchev–Trinajstić information content (AvgIpc) is 2.39. The number of benzene rings is 1. The standard InChI is InChI=1S/C14H21NO3/c1-4-12(15)9-11-7-5-6-8-13(11)18-10(2)14(16)17-3/h5-8,10,12H,4,9,15H2,1-3H3. The van der Waals surface area contributed by atoms with Crippen LogP contribution in [0.15, 0.2) is 24.3 Å². The molecule has 0 aliphatic carbocycles. The summed E-state index contributed by atoms with van der Waals surface area (Å²) in [6, 6.07) is 7.72. The first-order valence-electron chi connectivity index (χ1n) is 6.16. The molecule has 1 rings (SSSR count). The number of hydrogen-bond acceptors (Lipinski definition) is 4. The van der Waals surface area contributed by atoms with Gasteiger partial charge in [0.2, 0.25) is 0 Å². The summed E-state index contributed by atoms with van der Waals surface area (Å²) in [5.74, 6) is 0.309. The SMILES string of the molecule is CCC(N)Cc1ccccc1OC(C)C(=O)OC. The van der Waals surface area contributed by atoms with Gasteiger partial charge in [0.1, 0.15) is 5.75 Å². The zero-order chi connectivity index (χ0) is 13.5. The summed E-state index contributed by atoms with van der Waals surface area (Å²) < 4.78 is 10.3. The molecule has 0 bridgehead atoms. The molecule has 4 heteroatoms. The Kier molecular flexibility index (Phi) is 5.65. The third kappa shape index (κ3) is 4.04. The summed E-state index contributed by atoms with van der Waals surface area (Å²) in [4.78, 5) is 11.3. The normalized spacial score (nSPS) is 13.8. The fourth-order valence-corrected chi connectivity index (χ4v) is 1.62. The predicted octanol–water partition coefficient (Wildman–Crippen LogP) is 1.91. The second kappa shape index (κ2) is 7.01. The van der Waals surface area contributed by atoms with E-state index in [9.17, 15) is 4.79 Å². The lowest BCUT2D eigenvalue weighted by Crippen LogP contribution is -2.26. The molecule has 0 aromatic heterocycles. The van der Waals surface area contributed by atoms with Crippen LogP contribution in [0, 0.1) is 0 Å². The summed E-state index contributed by atoms with van der Waals surface area (Å²) in [6.07, 6.45) is 1.02. The molecular formula is C14H21NO3. The van der Waals surface area contributed by atoms with Crippen LogP contribution in [-0.4, -0.2) is 25.2 Å². The van der Waals surface area contributed by atoms with E-state index in [0.29, 0.717) is 5.75 Å². The van der Waals surface area contributed by atoms with Gasteiger partial charge in [-0.1, -0.05) is 25.1 Å². The predicted molar refractivity (Wildman–Crippen MR) is 70.5 cm³/mol. The topological polar surface area (TPSA) is 61.5 Å². The van der Waals surface area contributed by atoms with E-state index >= 15 is 0 Å². The van der Waals surface area contributed by atoms with Gasteiger partial charge in [0.25, 0.3) is 0 Å². The van der Waals surface area contributed by atoms with Crippen molar-refractivity contribution in [1.82, 2.24) is 0 Å². The van der Waals surface area contributed by atoms with Crippen molar-refractivity contribution in [2.45, 2.75) is 38.8 Å². The van der Waals surface area contributed by atoms with Crippen LogP contribution >= 0.6 is 0 Å². The Morgan fingerprint density at radius 1 is 1.39 bits per heavy atom. The zero-order valence-electron chi connectivity index (χ0n) is 11.2. The van der Waals surface area contributed by atoms with Crippen LogP contribution in [0.1, 0.15) is 25.8 Å². The zero-order valence-corrected chi connectivity index (χ0v) is 11.2. The van der Waals surface area contributed by atoms with E-state index < -0.39 is 6.10 Å². The summed E-state index contributed by atoms with van der Waals surface area (Å²) in [6.45, 7) is 3.72. The molecule has 0 aliphatic heterocycles. The molecule has 0 spiro atoms. The smallest absolute Gasteiger partial charge is 0.346 e. The Morgan fingerprint density at radius 2 is 2.06 bits per heavy atom. The van der Waals surface area contributed by atoms with Gasteiger partial charge < -0.3 is 15.2 Å². The van der Waals surface area contributed by atoms with Crippen molar-refractivity contribution in [2.24, 2.45) is 5.73 Å². The van der Waals surface area contributed by atoms with Gasteiger partial charge in [-0.25, -0.2) is 4.79 Å². The van der Waals surface area contributed by atoms with Crippen LogP contribution in [0.25, 0.3) is 0 Å². The molecule has 0 saturated heterocycles. The minimum atomic E-state index is -0.617. The maximum Gasteiger partial charge on any atom is 0.346 e. The first kappa shape index (κ1) is 14.5. The Labute approximate surface area is 108 Å². The van der Waals surface area contributed by atoms with Crippen molar-refractivity contribution < 1.29 is 14.3 Å². The van der Waals surface area contributed by atoms with Gasteiger partial charge in [-0.15, -0.1) is 0 Å². The molecule has 0 fully saturated rings. The van der Waals surface area contributed by atoms with Gasteiger partial charge >= 0.3 is 5.97 Å². The number of carbonyl (C=O) groups is 1. The number of para-hydroxylation sites is 1. The van der Waals surface area contributed by atoms with Crippen molar-refractivity contribution in [3.8, 4) is 5.75 Å². The fourth-order valence-electron chi connectivity index (χ4n) is 1.62. The lowest BCUT2D eigenvalue weighted by atomic mass is 10.0. The number of nitrogens with two attached hydrogens (primary N) is 1. The number of methoxy groups -OCH3 is 1. The minimum Gasteiger partial charge on any atom is -0.479 e. The second-order valence-corrected chi connectivity index (χ2v) is 4.26. The van der Waals surface area contributed by atoms with E-state index in [1.807, 2.05) is 31.2 Å². The van der Waals surface area contributed by atoms with Gasteiger partial charge in [0, 0.05) is 6.04 Å². The highest BCUT2D eigenvalue weighted by molar-refractivity contribution is 5.74. The Bertz CT molecular complexity index is 392. The van der Waals surface area contributed by atoms with Gasteiger partial charge in [-0.2, -0.15) is 0 Å². The molecule has 18 heavy (non-hydrogen) atoms. The lowest BCUT2D eigenvalue weighted by Gasteiger charge is -2.17. The Balaban J connectivity index is 2.78. The number of rotatable bonds is 6. The van der Waals surface area contributed by atoms with E-state index in [0.717, 1.165) is 18.4 Å². The lowest BCUT2D eigenvalue weighted by molar-refractivity contribution is -0.147. The highest BCUT2D eigenvalue weighted by atomic mass is 16.6. The summed E-state index contributed by atoms with van der Waals surface area (Å²) in [7, 11) is 1.35. The third-order valence-corrected chi connectivity index (χ3v) is 2.82. The van der Waals surface area contributed by atoms with Gasteiger partial charge in [0.15, 0.2) is 6.10 Å². The first-order valence-corrected chi connectivity index (χ1v) is 6.16. The molecule has 4 nitrogen and oxygen atoms in total. The Hall–Kier alpha value is -1.55. The van der Waals surface area contributed by atoms with E-state index in [1.54, 1.807) is 6.92 Å². The second-order valence-electron chi connectivity index (χ2n) is 4.26. The molecule has 0 aliphatic rings. The van der Waals surface area contributed by atoms with Crippen molar-refractivity contribution >= 4 is 5.97 Å². The monoisotopic (exact) mass is 251 g/mol. The quantitative estimate of drug-likeness (QED) is 0.784. The van der Waals surface area contributed by atoms with E-state index in [-0.39, 0.29) is 12.0 Å². The van der Waals surface area contributed by atoms with Crippen LogP contribution in [0.4, 0.5) is 0 Å². The number of hydrogen-bond donors (Lipinski definition) is 1. The van der Waals surface area contributed by atoms with E-state index in [2.05, 4.69) is 4.74 Å². The molecule has 0 heterocycles. The van der Waals surface area contributed by atoms with Crippen molar-refractivity contribution in [3.63, 3.8) is 0 Å². The van der Waals surface area contributed by atoms with Crippen LogP contribution in [0.2, 0.25) is 0 Å². The molecule has 1 aromatic rings. The fraction of sp³-hybridized carbons (Fsp3) is 0.500. The number of carbonyl (C=O) groups excluding carboxylic acids is 1. The van der Waals surface area contributed by atoms with Crippen molar-refractivity contribution in [2.75, 3.05) is 7.11 Å². The third-order valence-electron chi connectivity index (χ3n) is 2.82. The van der Waals surface area contributed by atoms with E-state index in [1.165, 1.54) is 7.11 Å². The van der Waals surface area contributed by atoms with Gasteiger partial charge in [0.05, 0.1) is 7.11 Å². The van der Waals surface area contributed by atoms with Crippen LogP contribution in [0.3, 0.4) is 0 Å². The molecule has 100 valence electrons. The van der Waals surface area contributed by atoms with Gasteiger partial charge in [-0.05, 0) is 31.4 Å². The minimum absolute atomic E-state index is 0.100. The van der Waals surface area contributed by atoms with Crippen molar-refractivity contribution in [3.05, 3.63) is 29.8 Å². The number of esters is 1. The maximum absolute atomic E-state index is 11.3. The molecule has 0 radical (unpaired) electrons. The molecule has 1 aromatic carbocycles. The first-order chi connectivity index (χ1) is 8.58. The largest absolute Gasteiger partial charge is 0.479 e. The molecule has 2 atom stereocenters. The molecule has 2 unspecified atom stereocenters. The van der Waals surface area contributed by atoms with Gasteiger partial charge in [-0.3, -0.25) is 0 Å². The summed E-state index contributed by atoms with van der Waals surface area (Å²) in [5, 5.41) is 0. The summed E-state index contributed by atoms with van der Waals surface area (Å²) >= 11 is 0. The molecule has 2 N–H and O–H groups in total. The van der Waals surface area contributed by atoms with Crippen LogP contribution < -0.4 is 10.5 Å². The highest BCUT2D eigenvalue weighted by Crippen LogP contribution is 2.21. The van der Waals surface area contributed by atoms with Crippen molar-refractivity contribution in [1.29, 1.82) is 0 Å². The molecule has 0 saturated carbocycles. The highest BCUT2D eigenvalue weighted by Gasteiger charge is 2.16. The molecular weight excluding hydrogens is 230 g/mol. The van der Waals surface area contributed by atoms with E-state index in [4.69, 9.17) is 10.5 Å². The van der Waals surface area contributed by atoms with Crippen LogP contribution in [0.5, 0.6) is 5.75 Å². The summed E-state index contributed by atoms with van der Waals surface area (Å²) in [5.41, 5.74) is 6.96. The maximum atomic E-state index is 11.3. The Morgan fingerprint density at radius 3 is 2.67 bits per heavy atom. The number of ether oxygens (including phenoxy) is 2. The van der Waals surface area contributed by atoms with Crippen LogP contribution in [-0.2, 0) is 16.0 Å². The average molecular weight is 251 g/mol.